The SMILES string of the molecule is CCC[CH2][Ge][CH2]CCC.CCC[CH2][Ge][CH2]CCC.CCC[CH2][Ge][CH2]CCC.CCC[CH2][Ge][CH2]CCC.OC1CCC(O)CC1.OC1CCC(O)CC1.OC1CCC(O)CC1.OC1CCC(O)CC1. The molecular weight excluding hydrogens is 1090 g/mol. The molecule has 4 saturated carbocycles. The van der Waals surface area contributed by atoms with Crippen LogP contribution in [0.1, 0.15) is 261 Å². The number of hydrogen-bond acceptors (Lipinski definition) is 8. The third-order valence-corrected chi connectivity index (χ3v) is 24.2. The second-order valence-electron chi connectivity index (χ2n) is 19.7. The van der Waals surface area contributed by atoms with Gasteiger partial charge in [-0.2, -0.15) is 0 Å². The molecule has 4 aliphatic carbocycles. The minimum absolute atomic E-state index is 0.140. The first-order valence-electron chi connectivity index (χ1n) is 29.1. The predicted molar refractivity (Wildman–Crippen MR) is 303 cm³/mol. The van der Waals surface area contributed by atoms with E-state index in [1.807, 2.05) is 0 Å². The summed E-state index contributed by atoms with van der Waals surface area (Å²) in [4.78, 5) is 0. The molecule has 408 valence electrons. The Bertz CT molecular complexity index is 653. The molecule has 4 rings (SSSR count). The second kappa shape index (κ2) is 65.0. The van der Waals surface area contributed by atoms with Crippen LogP contribution in [0.3, 0.4) is 0 Å². The summed E-state index contributed by atoms with van der Waals surface area (Å²) < 4.78 is 0. The molecule has 4 aliphatic rings. The van der Waals surface area contributed by atoms with Crippen molar-refractivity contribution in [1.82, 2.24) is 0 Å². The van der Waals surface area contributed by atoms with Gasteiger partial charge >= 0.3 is 262 Å². The van der Waals surface area contributed by atoms with Crippen molar-refractivity contribution in [3.8, 4) is 0 Å². The van der Waals surface area contributed by atoms with Crippen molar-refractivity contribution in [3.05, 3.63) is 0 Å². The van der Waals surface area contributed by atoms with Gasteiger partial charge in [0.05, 0.1) is 48.8 Å². The van der Waals surface area contributed by atoms with Gasteiger partial charge in [0.1, 0.15) is 0 Å². The molecule has 0 bridgehead atoms. The zero-order valence-electron chi connectivity index (χ0n) is 46.5. The molecule has 8 radical (unpaired) electrons. The summed E-state index contributed by atoms with van der Waals surface area (Å²) in [5, 5.41) is 84.0. The average Bonchev–Trinajstić information content (AvgIpc) is 3.34. The van der Waals surface area contributed by atoms with Gasteiger partial charge in [-0.15, -0.1) is 0 Å². The van der Waals surface area contributed by atoms with Gasteiger partial charge in [-0.1, -0.05) is 0 Å². The van der Waals surface area contributed by atoms with Crippen LogP contribution in [0.5, 0.6) is 0 Å². The van der Waals surface area contributed by atoms with Crippen molar-refractivity contribution in [2.24, 2.45) is 0 Å². The van der Waals surface area contributed by atoms with Crippen LogP contribution < -0.4 is 0 Å². The van der Waals surface area contributed by atoms with Gasteiger partial charge < -0.3 is 40.9 Å². The molecule has 0 aromatic rings. The van der Waals surface area contributed by atoms with E-state index in [1.54, 1.807) is 42.0 Å². The topological polar surface area (TPSA) is 162 Å². The van der Waals surface area contributed by atoms with Crippen LogP contribution in [0.2, 0.25) is 42.0 Å². The Morgan fingerprint density at radius 1 is 0.206 bits per heavy atom. The van der Waals surface area contributed by atoms with Gasteiger partial charge in [-0.05, 0) is 103 Å². The van der Waals surface area contributed by atoms with E-state index in [1.165, 1.54) is 103 Å². The molecule has 0 amide bonds. The third-order valence-electron chi connectivity index (χ3n) is 12.3. The molecule has 0 heterocycles. The first-order valence-corrected chi connectivity index (χ1v) is 41.0. The zero-order valence-corrected chi connectivity index (χ0v) is 54.9. The van der Waals surface area contributed by atoms with Crippen molar-refractivity contribution >= 4 is 61.7 Å². The minimum atomic E-state index is -0.140. The molecule has 0 saturated heterocycles. The smallest absolute Gasteiger partial charge is 0.0542 e. The number of rotatable bonds is 24. The summed E-state index contributed by atoms with van der Waals surface area (Å²) in [5.74, 6) is 0. The van der Waals surface area contributed by atoms with Crippen molar-refractivity contribution in [3.63, 3.8) is 0 Å². The predicted octanol–water partition coefficient (Wildman–Crippen LogP) is 13.6. The van der Waals surface area contributed by atoms with Crippen molar-refractivity contribution in [2.45, 2.75) is 352 Å². The Morgan fingerprint density at radius 2 is 0.294 bits per heavy atom. The Hall–Kier alpha value is 1.85. The van der Waals surface area contributed by atoms with Crippen LogP contribution in [0.15, 0.2) is 0 Å². The van der Waals surface area contributed by atoms with Crippen LogP contribution in [-0.2, 0) is 0 Å². The maximum atomic E-state index is 8.92. The Kier molecular flexibility index (Phi) is 73.0. The molecule has 0 atom stereocenters. The Labute approximate surface area is 451 Å². The van der Waals surface area contributed by atoms with E-state index in [4.69, 9.17) is 40.9 Å². The first-order chi connectivity index (χ1) is 32.8. The van der Waals surface area contributed by atoms with Crippen LogP contribution in [-0.4, -0.2) is 151 Å². The van der Waals surface area contributed by atoms with Gasteiger partial charge in [0.25, 0.3) is 0 Å². The molecular formula is C56H120Ge4O8. The summed E-state index contributed by atoms with van der Waals surface area (Å²) in [6.45, 7) is 18.3. The standard InChI is InChI=1S/4C8H18Ge.4C6H12O2/c4*1-3-5-7-9-8-6-4-2;4*7-5-1-2-6(8)4-3-5/h4*3-8H2,1-2H3;4*5-8H,1-4H2. The number of aliphatic hydroxyl groups excluding tert-OH is 8. The largest absolute Gasteiger partial charge is 0.393 e. The molecule has 8 N–H and O–H groups in total. The van der Waals surface area contributed by atoms with Crippen LogP contribution >= 0.6 is 0 Å². The monoisotopic (exact) mass is 1220 g/mol. The van der Waals surface area contributed by atoms with Gasteiger partial charge in [0.2, 0.25) is 0 Å². The average molecular weight is 1210 g/mol. The summed E-state index contributed by atoms with van der Waals surface area (Å²) in [5.41, 5.74) is 0. The van der Waals surface area contributed by atoms with E-state index in [-0.39, 0.29) is 48.8 Å². The quantitative estimate of drug-likeness (QED) is 0.0350. The fraction of sp³-hybridized carbons (Fsp3) is 1.00. The van der Waals surface area contributed by atoms with E-state index >= 15 is 0 Å². The number of hydrogen-bond donors (Lipinski definition) is 8. The molecule has 0 unspecified atom stereocenters. The van der Waals surface area contributed by atoms with E-state index in [0.29, 0.717) is 61.7 Å². The Morgan fingerprint density at radius 3 is 0.368 bits per heavy atom. The molecule has 8 nitrogen and oxygen atoms in total. The maximum absolute atomic E-state index is 8.92. The third kappa shape index (κ3) is 69.9. The fourth-order valence-corrected chi connectivity index (χ4v) is 19.4. The summed E-state index contributed by atoms with van der Waals surface area (Å²) in [6.07, 6.45) is 34.4. The summed E-state index contributed by atoms with van der Waals surface area (Å²) >= 11 is 1.99. The van der Waals surface area contributed by atoms with Crippen LogP contribution in [0, 0.1) is 0 Å². The van der Waals surface area contributed by atoms with Crippen molar-refractivity contribution in [2.75, 3.05) is 0 Å². The van der Waals surface area contributed by atoms with Crippen molar-refractivity contribution in [1.29, 1.82) is 0 Å². The molecule has 0 spiro atoms. The van der Waals surface area contributed by atoms with E-state index < -0.39 is 0 Å². The summed E-state index contributed by atoms with van der Waals surface area (Å²) in [6, 6.07) is 0. The maximum Gasteiger partial charge on any atom is 0.0542 e. The fourth-order valence-electron chi connectivity index (χ4n) is 7.15. The zero-order chi connectivity index (χ0) is 51.7. The number of aliphatic hydroxyl groups is 8. The number of unbranched alkanes of at least 4 members (excludes halogenated alkanes) is 8. The minimum Gasteiger partial charge on any atom is -0.393 e. The Balaban J connectivity index is -0.000000344. The first kappa shape index (κ1) is 76.4. The van der Waals surface area contributed by atoms with Crippen LogP contribution in [0.25, 0.3) is 0 Å². The summed E-state index contributed by atoms with van der Waals surface area (Å²) in [7, 11) is 0. The molecule has 0 aromatic carbocycles. The van der Waals surface area contributed by atoms with E-state index in [0.717, 1.165) is 103 Å². The molecule has 0 aliphatic heterocycles. The van der Waals surface area contributed by atoms with Gasteiger partial charge in [-0.25, -0.2) is 0 Å². The second-order valence-corrected chi connectivity index (χ2v) is 32.3. The van der Waals surface area contributed by atoms with Gasteiger partial charge in [0.15, 0.2) is 0 Å². The molecule has 0 aromatic heterocycles. The van der Waals surface area contributed by atoms with Crippen molar-refractivity contribution < 1.29 is 40.9 Å². The van der Waals surface area contributed by atoms with Gasteiger partial charge in [-0.3, -0.25) is 0 Å². The molecule has 4 fully saturated rings. The van der Waals surface area contributed by atoms with E-state index in [9.17, 15) is 0 Å². The van der Waals surface area contributed by atoms with E-state index in [2.05, 4.69) is 55.4 Å². The molecule has 68 heavy (non-hydrogen) atoms. The molecule has 12 heteroatoms. The normalized spacial score (nSPS) is 24.0. The van der Waals surface area contributed by atoms with Crippen LogP contribution in [0.4, 0.5) is 0 Å². The van der Waals surface area contributed by atoms with Gasteiger partial charge in [0, 0.05) is 0 Å².